The molecule has 2 N–H and O–H groups in total. The molecule has 1 fully saturated rings. The molecule has 1 aliphatic rings. The van der Waals surface area contributed by atoms with Crippen molar-refractivity contribution in [3.8, 4) is 11.5 Å². The van der Waals surface area contributed by atoms with Crippen LogP contribution in [0.25, 0.3) is 0 Å². The molecule has 0 unspecified atom stereocenters. The molecule has 0 radical (unpaired) electrons. The molecule has 1 amide bonds. The van der Waals surface area contributed by atoms with E-state index in [2.05, 4.69) is 15.6 Å². The van der Waals surface area contributed by atoms with Crippen molar-refractivity contribution in [1.82, 2.24) is 4.98 Å². The quantitative estimate of drug-likeness (QED) is 0.832. The van der Waals surface area contributed by atoms with Gasteiger partial charge >= 0.3 is 0 Å². The number of ether oxygens (including phenoxy) is 2. The Morgan fingerprint density at radius 3 is 2.75 bits per heavy atom. The number of anilines is 2. The lowest BCUT2D eigenvalue weighted by atomic mass is 10.2. The Labute approximate surface area is 145 Å². The number of amides is 1. The van der Waals surface area contributed by atoms with Crippen LogP contribution in [0.3, 0.4) is 0 Å². The van der Waals surface area contributed by atoms with E-state index in [1.54, 1.807) is 37.8 Å². The molecule has 0 aliphatic heterocycles. The van der Waals surface area contributed by atoms with Crippen LogP contribution in [0.2, 0.25) is 0 Å². The van der Waals surface area contributed by atoms with Gasteiger partial charge in [-0.25, -0.2) is 4.98 Å². The number of aromatic nitrogens is 1. The smallest absolute Gasteiger partial charge is 0.275 e. The van der Waals surface area contributed by atoms with Crippen LogP contribution in [-0.4, -0.2) is 31.2 Å². The summed E-state index contributed by atoms with van der Waals surface area (Å²) >= 11 is 1.46. The van der Waals surface area contributed by atoms with Gasteiger partial charge in [-0.15, -0.1) is 11.3 Å². The number of carbonyl (C=O) groups excluding carboxylic acids is 1. The zero-order valence-electron chi connectivity index (χ0n) is 13.8. The van der Waals surface area contributed by atoms with Gasteiger partial charge in [-0.05, 0) is 25.0 Å². The average Bonchev–Trinajstić information content (AvgIpc) is 3.27. The minimum absolute atomic E-state index is 0.255. The highest BCUT2D eigenvalue weighted by Gasteiger charge is 2.18. The first-order valence-corrected chi connectivity index (χ1v) is 8.83. The van der Waals surface area contributed by atoms with Crippen molar-refractivity contribution in [2.24, 2.45) is 0 Å². The van der Waals surface area contributed by atoms with Crippen LogP contribution >= 0.6 is 11.3 Å². The standard InChI is InChI=1S/C17H21N3O3S/c1-22-12-7-8-13(15(9-12)23-2)19-16(21)14-10-24-17(20-14)18-11-5-3-4-6-11/h7-11H,3-6H2,1-2H3,(H,18,20)(H,19,21). The fourth-order valence-corrected chi connectivity index (χ4v) is 3.55. The van der Waals surface area contributed by atoms with Crippen molar-refractivity contribution in [3.63, 3.8) is 0 Å². The molecular formula is C17H21N3O3S. The summed E-state index contributed by atoms with van der Waals surface area (Å²) < 4.78 is 10.4. The topological polar surface area (TPSA) is 72.5 Å². The van der Waals surface area contributed by atoms with Crippen LogP contribution in [0.5, 0.6) is 11.5 Å². The summed E-state index contributed by atoms with van der Waals surface area (Å²) in [4.78, 5) is 16.8. The van der Waals surface area contributed by atoms with E-state index in [-0.39, 0.29) is 5.91 Å². The minimum atomic E-state index is -0.255. The van der Waals surface area contributed by atoms with Crippen molar-refractivity contribution in [2.75, 3.05) is 24.9 Å². The Kier molecular flexibility index (Phi) is 5.20. The Bertz CT molecular complexity index is 711. The van der Waals surface area contributed by atoms with E-state index in [1.807, 2.05) is 0 Å². The fourth-order valence-electron chi connectivity index (χ4n) is 2.78. The fraction of sp³-hybridized carbons (Fsp3) is 0.412. The highest BCUT2D eigenvalue weighted by Crippen LogP contribution is 2.30. The van der Waals surface area contributed by atoms with E-state index in [0.717, 1.165) is 5.13 Å². The number of rotatable bonds is 6. The van der Waals surface area contributed by atoms with Crippen LogP contribution in [0, 0.1) is 0 Å². The lowest BCUT2D eigenvalue weighted by Gasteiger charge is -2.11. The zero-order valence-corrected chi connectivity index (χ0v) is 14.6. The van der Waals surface area contributed by atoms with Gasteiger partial charge in [0.2, 0.25) is 0 Å². The number of benzene rings is 1. The Hall–Kier alpha value is -2.28. The van der Waals surface area contributed by atoms with Gasteiger partial charge < -0.3 is 20.1 Å². The van der Waals surface area contributed by atoms with Crippen molar-refractivity contribution >= 4 is 28.1 Å². The van der Waals surface area contributed by atoms with E-state index < -0.39 is 0 Å². The summed E-state index contributed by atoms with van der Waals surface area (Å²) in [6.45, 7) is 0. The third-order valence-corrected chi connectivity index (χ3v) is 4.85. The second-order valence-electron chi connectivity index (χ2n) is 5.68. The Morgan fingerprint density at radius 1 is 1.25 bits per heavy atom. The van der Waals surface area contributed by atoms with Gasteiger partial charge in [-0.2, -0.15) is 0 Å². The second kappa shape index (κ2) is 7.53. The van der Waals surface area contributed by atoms with Gasteiger partial charge in [0.25, 0.3) is 5.91 Å². The number of carbonyl (C=O) groups is 1. The molecule has 7 heteroatoms. The first-order chi connectivity index (χ1) is 11.7. The maximum absolute atomic E-state index is 12.4. The third-order valence-electron chi connectivity index (χ3n) is 4.08. The van der Waals surface area contributed by atoms with Crippen molar-refractivity contribution < 1.29 is 14.3 Å². The second-order valence-corrected chi connectivity index (χ2v) is 6.54. The molecule has 128 valence electrons. The molecule has 1 saturated carbocycles. The zero-order chi connectivity index (χ0) is 16.9. The summed E-state index contributed by atoms with van der Waals surface area (Å²) in [5.41, 5.74) is 0.986. The molecule has 1 aromatic heterocycles. The van der Waals surface area contributed by atoms with Crippen molar-refractivity contribution in [2.45, 2.75) is 31.7 Å². The van der Waals surface area contributed by atoms with E-state index >= 15 is 0 Å². The highest BCUT2D eigenvalue weighted by molar-refractivity contribution is 7.13. The summed E-state index contributed by atoms with van der Waals surface area (Å²) in [6, 6.07) is 5.73. The molecular weight excluding hydrogens is 326 g/mol. The lowest BCUT2D eigenvalue weighted by Crippen LogP contribution is -2.16. The molecule has 0 saturated heterocycles. The van der Waals surface area contributed by atoms with Gasteiger partial charge in [0.05, 0.1) is 19.9 Å². The van der Waals surface area contributed by atoms with Gasteiger partial charge in [0.15, 0.2) is 5.13 Å². The van der Waals surface area contributed by atoms with E-state index in [0.29, 0.717) is 28.9 Å². The largest absolute Gasteiger partial charge is 0.497 e. The maximum Gasteiger partial charge on any atom is 0.275 e. The van der Waals surface area contributed by atoms with Crippen LogP contribution in [0.1, 0.15) is 36.2 Å². The number of methoxy groups -OCH3 is 2. The molecule has 6 nitrogen and oxygen atoms in total. The molecule has 1 aliphatic carbocycles. The Balaban J connectivity index is 1.67. The predicted octanol–water partition coefficient (Wildman–Crippen LogP) is 3.77. The monoisotopic (exact) mass is 347 g/mol. The highest BCUT2D eigenvalue weighted by atomic mass is 32.1. The van der Waals surface area contributed by atoms with Gasteiger partial charge in [-0.3, -0.25) is 4.79 Å². The van der Waals surface area contributed by atoms with E-state index in [1.165, 1.54) is 37.0 Å². The number of nitrogens with zero attached hydrogens (tertiary/aromatic N) is 1. The Morgan fingerprint density at radius 2 is 2.04 bits per heavy atom. The number of thiazole rings is 1. The number of hydrogen-bond donors (Lipinski definition) is 2. The molecule has 2 aromatic rings. The molecule has 1 heterocycles. The summed E-state index contributed by atoms with van der Waals surface area (Å²) in [7, 11) is 3.14. The predicted molar refractivity (Wildman–Crippen MR) is 95.5 cm³/mol. The van der Waals surface area contributed by atoms with Crippen LogP contribution in [0.15, 0.2) is 23.6 Å². The normalized spacial score (nSPS) is 14.4. The van der Waals surface area contributed by atoms with E-state index in [9.17, 15) is 4.79 Å². The summed E-state index contributed by atoms with van der Waals surface area (Å²) in [6.07, 6.45) is 4.86. The first-order valence-electron chi connectivity index (χ1n) is 7.95. The SMILES string of the molecule is COc1ccc(NC(=O)c2csc(NC3CCCC3)n2)c(OC)c1. The maximum atomic E-state index is 12.4. The van der Waals surface area contributed by atoms with Crippen LogP contribution in [0.4, 0.5) is 10.8 Å². The van der Waals surface area contributed by atoms with Crippen LogP contribution in [-0.2, 0) is 0 Å². The molecule has 0 bridgehead atoms. The minimum Gasteiger partial charge on any atom is -0.497 e. The third kappa shape index (κ3) is 3.79. The van der Waals surface area contributed by atoms with Gasteiger partial charge in [-0.1, -0.05) is 12.8 Å². The molecule has 24 heavy (non-hydrogen) atoms. The summed E-state index contributed by atoms with van der Waals surface area (Å²) in [5, 5.41) is 8.80. The number of nitrogens with one attached hydrogen (secondary N) is 2. The molecule has 0 spiro atoms. The molecule has 0 atom stereocenters. The van der Waals surface area contributed by atoms with Gasteiger partial charge in [0.1, 0.15) is 17.2 Å². The number of hydrogen-bond acceptors (Lipinski definition) is 6. The van der Waals surface area contributed by atoms with Crippen molar-refractivity contribution in [3.05, 3.63) is 29.3 Å². The van der Waals surface area contributed by atoms with Crippen molar-refractivity contribution in [1.29, 1.82) is 0 Å². The van der Waals surface area contributed by atoms with Crippen LogP contribution < -0.4 is 20.1 Å². The molecule has 3 rings (SSSR count). The van der Waals surface area contributed by atoms with E-state index in [4.69, 9.17) is 9.47 Å². The summed E-state index contributed by atoms with van der Waals surface area (Å²) in [5.74, 6) is 0.956. The van der Waals surface area contributed by atoms with Gasteiger partial charge in [0, 0.05) is 17.5 Å². The average molecular weight is 347 g/mol. The first kappa shape index (κ1) is 16.6. The lowest BCUT2D eigenvalue weighted by molar-refractivity contribution is 0.102. The molecule has 1 aromatic carbocycles.